The summed E-state index contributed by atoms with van der Waals surface area (Å²) >= 11 is 0. The summed E-state index contributed by atoms with van der Waals surface area (Å²) in [5, 5.41) is 21.1. The topological polar surface area (TPSA) is 96.9 Å². The highest BCUT2D eigenvalue weighted by molar-refractivity contribution is 5.97. The highest BCUT2D eigenvalue weighted by atomic mass is 19.4. The number of alkyl halides is 3. The SMILES string of the molecule is CC(Oc1ccc(C#N)cc1C(=O)N1Cc2cn(-c3ccnnc3)nc2C1)C(F)(F)F. The molecule has 0 saturated heterocycles. The van der Waals surface area contributed by atoms with Gasteiger partial charge in [0.1, 0.15) is 5.75 Å². The van der Waals surface area contributed by atoms with Crippen molar-refractivity contribution in [3.05, 3.63) is 65.2 Å². The molecular weight excluding hydrogens is 413 g/mol. The Morgan fingerprint density at radius 2 is 2.06 bits per heavy atom. The molecule has 0 spiro atoms. The fourth-order valence-corrected chi connectivity index (χ4v) is 3.14. The number of amides is 1. The van der Waals surface area contributed by atoms with E-state index in [4.69, 9.17) is 10.00 Å². The van der Waals surface area contributed by atoms with Crippen molar-refractivity contribution in [2.75, 3.05) is 0 Å². The Morgan fingerprint density at radius 1 is 1.26 bits per heavy atom. The lowest BCUT2D eigenvalue weighted by molar-refractivity contribution is -0.189. The van der Waals surface area contributed by atoms with Crippen molar-refractivity contribution < 1.29 is 22.7 Å². The van der Waals surface area contributed by atoms with Crippen molar-refractivity contribution in [3.8, 4) is 17.5 Å². The van der Waals surface area contributed by atoms with Crippen LogP contribution in [-0.2, 0) is 13.1 Å². The van der Waals surface area contributed by atoms with Gasteiger partial charge >= 0.3 is 6.18 Å². The third-order valence-corrected chi connectivity index (χ3v) is 4.80. The van der Waals surface area contributed by atoms with Crippen LogP contribution in [0, 0.1) is 11.3 Å². The number of fused-ring (bicyclic) bond motifs is 1. The van der Waals surface area contributed by atoms with Crippen LogP contribution < -0.4 is 4.74 Å². The molecule has 158 valence electrons. The van der Waals surface area contributed by atoms with Crippen LogP contribution in [0.15, 0.2) is 42.9 Å². The van der Waals surface area contributed by atoms with Crippen LogP contribution in [-0.4, -0.2) is 43.1 Å². The molecule has 11 heteroatoms. The maximum atomic E-state index is 13.1. The number of nitriles is 1. The predicted octanol–water partition coefficient (Wildman–Crippen LogP) is 3.02. The predicted molar refractivity (Wildman–Crippen MR) is 100 cm³/mol. The monoisotopic (exact) mass is 428 g/mol. The van der Waals surface area contributed by atoms with Crippen LogP contribution in [0.3, 0.4) is 0 Å². The van der Waals surface area contributed by atoms with Crippen molar-refractivity contribution in [2.24, 2.45) is 0 Å². The Balaban J connectivity index is 1.57. The molecule has 0 saturated carbocycles. The maximum Gasteiger partial charge on any atom is 0.425 e. The van der Waals surface area contributed by atoms with Crippen LogP contribution in [0.25, 0.3) is 5.69 Å². The first-order valence-corrected chi connectivity index (χ1v) is 9.17. The van der Waals surface area contributed by atoms with Crippen molar-refractivity contribution in [2.45, 2.75) is 32.3 Å². The van der Waals surface area contributed by atoms with Gasteiger partial charge in [-0.25, -0.2) is 4.68 Å². The molecular formula is C20H15F3N6O2. The van der Waals surface area contributed by atoms with Gasteiger partial charge in [-0.15, -0.1) is 0 Å². The van der Waals surface area contributed by atoms with Gasteiger partial charge in [0.2, 0.25) is 0 Å². The van der Waals surface area contributed by atoms with Crippen LogP contribution >= 0.6 is 0 Å². The van der Waals surface area contributed by atoms with Crippen molar-refractivity contribution in [3.63, 3.8) is 0 Å². The lowest BCUT2D eigenvalue weighted by Crippen LogP contribution is -2.32. The average Bonchev–Trinajstić information content (AvgIpc) is 3.33. The second-order valence-corrected chi connectivity index (χ2v) is 6.93. The Kier molecular flexibility index (Phi) is 5.06. The minimum Gasteiger partial charge on any atom is -0.480 e. The van der Waals surface area contributed by atoms with Gasteiger partial charge in [0.25, 0.3) is 5.91 Å². The number of carbonyl (C=O) groups is 1. The van der Waals surface area contributed by atoms with E-state index in [-0.39, 0.29) is 30.0 Å². The minimum atomic E-state index is -4.59. The van der Waals surface area contributed by atoms with E-state index in [1.54, 1.807) is 23.1 Å². The molecule has 0 N–H and O–H groups in total. The maximum absolute atomic E-state index is 13.1. The normalized spacial score (nSPS) is 14.1. The number of carbonyl (C=O) groups excluding carboxylic acids is 1. The highest BCUT2D eigenvalue weighted by Gasteiger charge is 2.39. The zero-order valence-corrected chi connectivity index (χ0v) is 16.2. The molecule has 8 nitrogen and oxygen atoms in total. The van der Waals surface area contributed by atoms with Crippen LogP contribution in [0.4, 0.5) is 13.2 Å². The molecule has 31 heavy (non-hydrogen) atoms. The van der Waals surface area contributed by atoms with Crippen molar-refractivity contribution in [1.29, 1.82) is 5.26 Å². The van der Waals surface area contributed by atoms with Crippen LogP contribution in [0.2, 0.25) is 0 Å². The molecule has 0 bridgehead atoms. The standard InChI is InChI=1S/C20H15F3N6O2/c1-12(20(21,22)23)31-18-3-2-13(7-24)6-16(18)19(30)28-9-14-10-29(27-17(14)11-28)15-4-5-25-26-8-15/h2-6,8,10,12H,9,11H2,1H3. The number of benzene rings is 1. The molecule has 3 heterocycles. The summed E-state index contributed by atoms with van der Waals surface area (Å²) in [6, 6.07) is 7.37. The minimum absolute atomic E-state index is 0.105. The molecule has 1 aromatic carbocycles. The third-order valence-electron chi connectivity index (χ3n) is 4.80. The van der Waals surface area contributed by atoms with E-state index in [9.17, 15) is 18.0 Å². The number of halogens is 3. The zero-order valence-electron chi connectivity index (χ0n) is 16.2. The molecule has 2 aromatic heterocycles. The van der Waals surface area contributed by atoms with Gasteiger partial charge in [0.05, 0.1) is 47.5 Å². The number of hydrogen-bond donors (Lipinski definition) is 0. The summed E-state index contributed by atoms with van der Waals surface area (Å²) in [7, 11) is 0. The van der Waals surface area contributed by atoms with Gasteiger partial charge in [-0.3, -0.25) is 4.79 Å². The molecule has 1 aliphatic heterocycles. The van der Waals surface area contributed by atoms with E-state index in [2.05, 4.69) is 15.3 Å². The first-order valence-electron chi connectivity index (χ1n) is 9.17. The molecule has 1 amide bonds. The first kappa shape index (κ1) is 20.3. The molecule has 0 radical (unpaired) electrons. The smallest absolute Gasteiger partial charge is 0.425 e. The van der Waals surface area contributed by atoms with Gasteiger partial charge in [-0.2, -0.15) is 33.7 Å². The van der Waals surface area contributed by atoms with E-state index in [1.165, 1.54) is 29.3 Å². The largest absolute Gasteiger partial charge is 0.480 e. The molecule has 1 unspecified atom stereocenters. The van der Waals surface area contributed by atoms with E-state index < -0.39 is 18.2 Å². The Hall–Kier alpha value is -3.94. The number of nitrogens with zero attached hydrogens (tertiary/aromatic N) is 6. The summed E-state index contributed by atoms with van der Waals surface area (Å²) in [4.78, 5) is 14.5. The van der Waals surface area contributed by atoms with E-state index in [0.29, 0.717) is 11.4 Å². The van der Waals surface area contributed by atoms with Gasteiger partial charge in [-0.1, -0.05) is 0 Å². The molecule has 1 aliphatic rings. The Bertz CT molecular complexity index is 1150. The molecule has 4 rings (SSSR count). The van der Waals surface area contributed by atoms with Gasteiger partial charge in [0.15, 0.2) is 6.10 Å². The summed E-state index contributed by atoms with van der Waals surface area (Å²) in [6.45, 7) is 1.25. The molecule has 0 fully saturated rings. The number of ether oxygens (including phenoxy) is 1. The Morgan fingerprint density at radius 3 is 2.71 bits per heavy atom. The molecule has 3 aromatic rings. The first-order chi connectivity index (χ1) is 14.8. The summed E-state index contributed by atoms with van der Waals surface area (Å²) in [5.74, 6) is -0.775. The quantitative estimate of drug-likeness (QED) is 0.634. The molecule has 1 atom stereocenters. The molecule has 0 aliphatic carbocycles. The van der Waals surface area contributed by atoms with E-state index in [1.807, 2.05) is 6.07 Å². The number of aromatic nitrogens is 4. The van der Waals surface area contributed by atoms with E-state index >= 15 is 0 Å². The van der Waals surface area contributed by atoms with Crippen LogP contribution in [0.5, 0.6) is 5.75 Å². The van der Waals surface area contributed by atoms with Crippen molar-refractivity contribution >= 4 is 5.91 Å². The third kappa shape index (κ3) is 4.05. The number of hydrogen-bond acceptors (Lipinski definition) is 6. The fourth-order valence-electron chi connectivity index (χ4n) is 3.14. The Labute approximate surface area is 174 Å². The van der Waals surface area contributed by atoms with Gasteiger partial charge < -0.3 is 9.64 Å². The lowest BCUT2D eigenvalue weighted by atomic mass is 10.1. The number of rotatable bonds is 4. The average molecular weight is 428 g/mol. The zero-order chi connectivity index (χ0) is 22.2. The van der Waals surface area contributed by atoms with Gasteiger partial charge in [0, 0.05) is 18.3 Å². The van der Waals surface area contributed by atoms with Crippen LogP contribution in [0.1, 0.15) is 34.1 Å². The summed E-state index contributed by atoms with van der Waals surface area (Å²) < 4.78 is 45.4. The van der Waals surface area contributed by atoms with Crippen molar-refractivity contribution in [1.82, 2.24) is 24.9 Å². The second-order valence-electron chi connectivity index (χ2n) is 6.93. The summed E-state index contributed by atoms with van der Waals surface area (Å²) in [5.41, 5.74) is 2.20. The summed E-state index contributed by atoms with van der Waals surface area (Å²) in [6.07, 6.45) is -1.87. The van der Waals surface area contributed by atoms with E-state index in [0.717, 1.165) is 12.5 Å². The fraction of sp³-hybridized carbons (Fsp3) is 0.250. The lowest BCUT2D eigenvalue weighted by Gasteiger charge is -2.22. The van der Waals surface area contributed by atoms with Gasteiger partial charge in [-0.05, 0) is 31.2 Å². The highest BCUT2D eigenvalue weighted by Crippen LogP contribution is 2.31. The second kappa shape index (κ2) is 7.71.